The van der Waals surface area contributed by atoms with Crippen molar-refractivity contribution in [3.05, 3.63) is 92.1 Å². The molecule has 1 aromatic heterocycles. The van der Waals surface area contributed by atoms with Crippen LogP contribution in [0.5, 0.6) is 5.75 Å². The Hall–Kier alpha value is -3.02. The molecule has 0 bridgehead atoms. The third-order valence-corrected chi connectivity index (χ3v) is 5.63. The van der Waals surface area contributed by atoms with Crippen molar-refractivity contribution >= 4 is 54.5 Å². The molecular weight excluding hydrogens is 532 g/mol. The van der Waals surface area contributed by atoms with Crippen LogP contribution in [0.15, 0.2) is 63.5 Å². The third kappa shape index (κ3) is 4.84. The molecule has 0 aliphatic rings. The van der Waals surface area contributed by atoms with E-state index in [4.69, 9.17) is 4.74 Å². The number of hydrogen-bond donors (Lipinski definition) is 1. The second-order valence-corrected chi connectivity index (χ2v) is 8.35. The van der Waals surface area contributed by atoms with Crippen LogP contribution in [0.2, 0.25) is 0 Å². The first-order valence-corrected chi connectivity index (χ1v) is 10.7. The van der Waals surface area contributed by atoms with Crippen molar-refractivity contribution in [2.45, 2.75) is 6.61 Å². The van der Waals surface area contributed by atoms with Crippen molar-refractivity contribution in [1.82, 2.24) is 9.97 Å². The minimum Gasteiger partial charge on any atom is -0.487 e. The summed E-state index contributed by atoms with van der Waals surface area (Å²) in [5.74, 6) is 0.255. The largest absolute Gasteiger partial charge is 0.487 e. The van der Waals surface area contributed by atoms with E-state index in [1.165, 1.54) is 24.3 Å². The fourth-order valence-electron chi connectivity index (χ4n) is 2.97. The van der Waals surface area contributed by atoms with E-state index in [1.807, 2.05) is 12.1 Å². The first-order chi connectivity index (χ1) is 14.9. The maximum atomic E-state index is 13.4. The number of ether oxygens (including phenoxy) is 1. The van der Waals surface area contributed by atoms with Crippen molar-refractivity contribution in [2.75, 3.05) is 0 Å². The number of hydrogen-bond acceptors (Lipinski definition) is 3. The van der Waals surface area contributed by atoms with Gasteiger partial charge in [-0.15, -0.1) is 0 Å². The first kappa shape index (κ1) is 21.2. The molecule has 0 aliphatic heterocycles. The number of nitrogens with one attached hydrogen (secondary N) is 1. The van der Waals surface area contributed by atoms with Gasteiger partial charge in [0, 0.05) is 0 Å². The van der Waals surface area contributed by atoms with Crippen LogP contribution in [0.4, 0.5) is 8.78 Å². The number of aromatic amines is 1. The van der Waals surface area contributed by atoms with Crippen LogP contribution < -0.4 is 4.74 Å². The number of benzene rings is 3. The van der Waals surface area contributed by atoms with Crippen molar-refractivity contribution in [2.24, 2.45) is 0 Å². The van der Waals surface area contributed by atoms with E-state index >= 15 is 0 Å². The highest BCUT2D eigenvalue weighted by Gasteiger charge is 2.12. The molecule has 4 aromatic rings. The molecule has 8 heteroatoms. The summed E-state index contributed by atoms with van der Waals surface area (Å²) in [6.45, 7) is 0.269. The molecule has 1 heterocycles. The monoisotopic (exact) mass is 543 g/mol. The number of rotatable bonds is 5. The maximum absolute atomic E-state index is 13.4. The van der Waals surface area contributed by atoms with Crippen molar-refractivity contribution < 1.29 is 13.5 Å². The fourth-order valence-corrected chi connectivity index (χ4v) is 4.42. The zero-order valence-corrected chi connectivity index (χ0v) is 19.0. The molecule has 0 atom stereocenters. The molecule has 0 fully saturated rings. The number of allylic oxidation sites excluding steroid dienone is 1. The standard InChI is InChI=1S/C23H13Br2F2N3O/c24-18-8-14(9-19(25)22(18)31-12-13-1-3-16(26)4-2-13)7-15(11-28)23-29-20-6-5-17(27)10-21(20)30-23/h1-10H,12H2,(H,29,30)/b15-7-. The Balaban J connectivity index is 1.60. The van der Waals surface area contributed by atoms with Crippen molar-refractivity contribution in [3.63, 3.8) is 0 Å². The van der Waals surface area contributed by atoms with Gasteiger partial charge in [0.15, 0.2) is 0 Å². The smallest absolute Gasteiger partial charge is 0.149 e. The molecule has 154 valence electrons. The van der Waals surface area contributed by atoms with Crippen LogP contribution >= 0.6 is 31.9 Å². The van der Waals surface area contributed by atoms with E-state index in [-0.39, 0.29) is 18.2 Å². The zero-order chi connectivity index (χ0) is 22.0. The topological polar surface area (TPSA) is 61.7 Å². The highest BCUT2D eigenvalue weighted by Crippen LogP contribution is 2.36. The maximum Gasteiger partial charge on any atom is 0.149 e. The lowest BCUT2D eigenvalue weighted by Crippen LogP contribution is -1.97. The minimum atomic E-state index is -0.380. The summed E-state index contributed by atoms with van der Waals surface area (Å²) in [7, 11) is 0. The molecule has 0 unspecified atom stereocenters. The van der Waals surface area contributed by atoms with Crippen LogP contribution in [0.3, 0.4) is 0 Å². The number of nitrogens with zero attached hydrogens (tertiary/aromatic N) is 2. The van der Waals surface area contributed by atoms with E-state index in [1.54, 1.807) is 24.3 Å². The van der Waals surface area contributed by atoms with E-state index in [9.17, 15) is 14.0 Å². The average Bonchev–Trinajstić information content (AvgIpc) is 3.15. The van der Waals surface area contributed by atoms with E-state index in [2.05, 4.69) is 47.9 Å². The Bertz CT molecular complexity index is 1320. The summed E-state index contributed by atoms with van der Waals surface area (Å²) in [5.41, 5.74) is 2.95. The Kier molecular flexibility index (Phi) is 6.16. The van der Waals surface area contributed by atoms with E-state index in [0.717, 1.165) is 11.1 Å². The van der Waals surface area contributed by atoms with Gasteiger partial charge >= 0.3 is 0 Å². The van der Waals surface area contributed by atoms with Crippen LogP contribution in [-0.4, -0.2) is 9.97 Å². The SMILES string of the molecule is N#C/C(=C/c1cc(Br)c(OCc2ccc(F)cc2)c(Br)c1)c1nc2ccc(F)cc2[nH]1. The van der Waals surface area contributed by atoms with Gasteiger partial charge in [0.05, 0.1) is 25.6 Å². The first-order valence-electron chi connectivity index (χ1n) is 9.06. The summed E-state index contributed by atoms with van der Waals surface area (Å²) < 4.78 is 33.7. The molecule has 3 aromatic carbocycles. The lowest BCUT2D eigenvalue weighted by molar-refractivity contribution is 0.302. The molecule has 4 nitrogen and oxygen atoms in total. The summed E-state index contributed by atoms with van der Waals surface area (Å²) in [6, 6.07) is 16.0. The predicted molar refractivity (Wildman–Crippen MR) is 122 cm³/mol. The van der Waals surface area contributed by atoms with E-state index < -0.39 is 0 Å². The fraction of sp³-hybridized carbons (Fsp3) is 0.0435. The molecule has 31 heavy (non-hydrogen) atoms. The minimum absolute atomic E-state index is 0.269. The Morgan fingerprint density at radius 1 is 1.03 bits per heavy atom. The van der Waals surface area contributed by atoms with Gasteiger partial charge < -0.3 is 9.72 Å². The van der Waals surface area contributed by atoms with Gasteiger partial charge in [0.25, 0.3) is 0 Å². The van der Waals surface area contributed by atoms with Crippen molar-refractivity contribution in [1.29, 1.82) is 5.26 Å². The molecule has 4 rings (SSSR count). The molecule has 0 saturated carbocycles. The molecule has 0 amide bonds. The number of imidazole rings is 1. The molecule has 0 saturated heterocycles. The van der Waals surface area contributed by atoms with Gasteiger partial charge in [0.2, 0.25) is 0 Å². The van der Waals surface area contributed by atoms with Gasteiger partial charge in [-0.05, 0) is 91.5 Å². The summed E-state index contributed by atoms with van der Waals surface area (Å²) >= 11 is 6.99. The second-order valence-electron chi connectivity index (χ2n) is 6.65. The molecule has 0 aliphatic carbocycles. The molecule has 1 N–H and O–H groups in total. The number of aromatic nitrogens is 2. The van der Waals surface area contributed by atoms with Crippen LogP contribution in [0.1, 0.15) is 17.0 Å². The Labute approximate surface area is 193 Å². The Morgan fingerprint density at radius 2 is 1.71 bits per heavy atom. The van der Waals surface area contributed by atoms with Gasteiger partial charge in [0.1, 0.15) is 35.9 Å². The molecular formula is C23H13Br2F2N3O. The number of nitriles is 1. The summed E-state index contributed by atoms with van der Waals surface area (Å²) in [5, 5.41) is 9.62. The molecule has 0 spiro atoms. The van der Waals surface area contributed by atoms with Gasteiger partial charge in [-0.2, -0.15) is 5.26 Å². The lowest BCUT2D eigenvalue weighted by Gasteiger charge is -2.11. The number of fused-ring (bicyclic) bond motifs is 1. The molecule has 0 radical (unpaired) electrons. The van der Waals surface area contributed by atoms with Gasteiger partial charge in [-0.3, -0.25) is 0 Å². The van der Waals surface area contributed by atoms with Gasteiger partial charge in [-0.1, -0.05) is 12.1 Å². The van der Waals surface area contributed by atoms with E-state index in [0.29, 0.717) is 37.1 Å². The van der Waals surface area contributed by atoms with Crippen LogP contribution in [-0.2, 0) is 6.61 Å². The second kappa shape index (κ2) is 9.00. The number of halogens is 4. The zero-order valence-electron chi connectivity index (χ0n) is 15.8. The quantitative estimate of drug-likeness (QED) is 0.275. The highest BCUT2D eigenvalue weighted by atomic mass is 79.9. The summed E-state index contributed by atoms with van der Waals surface area (Å²) in [4.78, 5) is 7.34. The highest BCUT2D eigenvalue weighted by molar-refractivity contribution is 9.11. The van der Waals surface area contributed by atoms with Gasteiger partial charge in [-0.25, -0.2) is 13.8 Å². The average molecular weight is 545 g/mol. The Morgan fingerprint density at radius 3 is 2.39 bits per heavy atom. The summed E-state index contributed by atoms with van der Waals surface area (Å²) in [6.07, 6.45) is 1.67. The van der Waals surface area contributed by atoms with Crippen LogP contribution in [0.25, 0.3) is 22.7 Å². The predicted octanol–water partition coefficient (Wildman–Crippen LogP) is 7.01. The normalized spacial score (nSPS) is 11.5. The number of H-pyrrole nitrogens is 1. The van der Waals surface area contributed by atoms with Crippen LogP contribution in [0, 0.1) is 23.0 Å². The third-order valence-electron chi connectivity index (χ3n) is 4.45. The van der Waals surface area contributed by atoms with Crippen molar-refractivity contribution in [3.8, 4) is 11.8 Å². The lowest BCUT2D eigenvalue weighted by atomic mass is 10.1.